The molecule has 1 heterocycles. The zero-order valence-electron chi connectivity index (χ0n) is 15.4. The molecule has 1 fully saturated rings. The maximum Gasteiger partial charge on any atom is 0.227 e. The number of hydrogen-bond acceptors (Lipinski definition) is 2. The summed E-state index contributed by atoms with van der Waals surface area (Å²) in [7, 11) is 0. The maximum atomic E-state index is 13.2. The molecule has 138 valence electrons. The molecule has 0 saturated carbocycles. The number of piperidine rings is 1. The number of likely N-dealkylation sites (tertiary alicyclic amines) is 1. The molecule has 1 saturated heterocycles. The van der Waals surface area contributed by atoms with Gasteiger partial charge >= 0.3 is 0 Å². The third kappa shape index (κ3) is 4.92. The van der Waals surface area contributed by atoms with Gasteiger partial charge in [0.15, 0.2) is 0 Å². The van der Waals surface area contributed by atoms with E-state index in [2.05, 4.69) is 11.8 Å². The van der Waals surface area contributed by atoms with E-state index in [1.165, 1.54) is 12.1 Å². The van der Waals surface area contributed by atoms with Crippen LogP contribution in [-0.2, 0) is 17.8 Å². The summed E-state index contributed by atoms with van der Waals surface area (Å²) in [6.07, 6.45) is 2.40. The minimum Gasteiger partial charge on any atom is -0.335 e. The van der Waals surface area contributed by atoms with Crippen LogP contribution in [0.2, 0.25) is 0 Å². The molecule has 0 radical (unpaired) electrons. The Hall–Kier alpha value is -2.20. The Labute approximate surface area is 155 Å². The molecule has 2 aromatic carbocycles. The number of hydrogen-bond donors (Lipinski definition) is 0. The molecule has 0 bridgehead atoms. The van der Waals surface area contributed by atoms with E-state index in [4.69, 9.17) is 0 Å². The fourth-order valence-electron chi connectivity index (χ4n) is 3.63. The molecule has 1 aliphatic heterocycles. The molecule has 0 spiro atoms. The van der Waals surface area contributed by atoms with Gasteiger partial charge in [-0.3, -0.25) is 4.79 Å². The van der Waals surface area contributed by atoms with Gasteiger partial charge in [-0.25, -0.2) is 4.39 Å². The predicted molar refractivity (Wildman–Crippen MR) is 102 cm³/mol. The van der Waals surface area contributed by atoms with E-state index in [0.29, 0.717) is 13.0 Å². The smallest absolute Gasteiger partial charge is 0.227 e. The second-order valence-electron chi connectivity index (χ2n) is 6.98. The number of carbonyl (C=O) groups excluding carboxylic acids is 1. The highest BCUT2D eigenvalue weighted by molar-refractivity contribution is 5.79. The van der Waals surface area contributed by atoms with E-state index in [-0.39, 0.29) is 17.8 Å². The first-order chi connectivity index (χ1) is 12.7. The van der Waals surface area contributed by atoms with Gasteiger partial charge in [0, 0.05) is 25.7 Å². The van der Waals surface area contributed by atoms with Gasteiger partial charge in [0.1, 0.15) is 5.82 Å². The van der Waals surface area contributed by atoms with Crippen LogP contribution in [0.4, 0.5) is 4.39 Å². The summed E-state index contributed by atoms with van der Waals surface area (Å²) in [4.78, 5) is 17.5. The van der Waals surface area contributed by atoms with Gasteiger partial charge in [-0.15, -0.1) is 0 Å². The molecule has 4 heteroatoms. The summed E-state index contributed by atoms with van der Waals surface area (Å²) >= 11 is 0. The number of nitrogens with zero attached hydrogens (tertiary/aromatic N) is 2. The van der Waals surface area contributed by atoms with Crippen LogP contribution >= 0.6 is 0 Å². The average molecular weight is 354 g/mol. The largest absolute Gasteiger partial charge is 0.335 e. The van der Waals surface area contributed by atoms with Crippen LogP contribution in [0.1, 0.15) is 30.9 Å². The summed E-state index contributed by atoms with van der Waals surface area (Å²) < 4.78 is 13.2. The number of amides is 1. The lowest BCUT2D eigenvalue weighted by Gasteiger charge is -2.38. The Morgan fingerprint density at radius 1 is 1.04 bits per heavy atom. The zero-order chi connectivity index (χ0) is 18.4. The topological polar surface area (TPSA) is 23.6 Å². The Balaban J connectivity index is 1.74. The Bertz CT molecular complexity index is 694. The highest BCUT2D eigenvalue weighted by Crippen LogP contribution is 2.20. The lowest BCUT2D eigenvalue weighted by Crippen LogP contribution is -2.47. The third-order valence-corrected chi connectivity index (χ3v) is 5.23. The van der Waals surface area contributed by atoms with Crippen molar-refractivity contribution in [2.24, 2.45) is 0 Å². The Morgan fingerprint density at radius 2 is 1.69 bits per heavy atom. The molecule has 0 aliphatic carbocycles. The van der Waals surface area contributed by atoms with Gasteiger partial charge in [-0.05, 0) is 42.6 Å². The molecule has 2 aromatic rings. The van der Waals surface area contributed by atoms with E-state index in [1.807, 2.05) is 35.2 Å². The number of carbonyl (C=O) groups is 1. The zero-order valence-corrected chi connectivity index (χ0v) is 15.4. The second-order valence-corrected chi connectivity index (χ2v) is 6.98. The lowest BCUT2D eigenvalue weighted by atomic mass is 10.0. The van der Waals surface area contributed by atoms with E-state index in [1.54, 1.807) is 12.1 Å². The van der Waals surface area contributed by atoms with Crippen LogP contribution in [0.5, 0.6) is 0 Å². The molecule has 3 rings (SSSR count). The molecule has 0 unspecified atom stereocenters. The van der Waals surface area contributed by atoms with Gasteiger partial charge in [0.2, 0.25) is 5.91 Å². The number of benzene rings is 2. The summed E-state index contributed by atoms with van der Waals surface area (Å²) in [5, 5.41) is 0. The highest BCUT2D eigenvalue weighted by Gasteiger charge is 2.27. The van der Waals surface area contributed by atoms with Gasteiger partial charge in [0.05, 0.1) is 6.42 Å². The normalized spacial score (nSPS) is 15.8. The first-order valence-corrected chi connectivity index (χ1v) is 9.46. The van der Waals surface area contributed by atoms with Crippen molar-refractivity contribution < 1.29 is 9.18 Å². The van der Waals surface area contributed by atoms with Crippen LogP contribution in [0, 0.1) is 5.82 Å². The fourth-order valence-corrected chi connectivity index (χ4v) is 3.63. The van der Waals surface area contributed by atoms with Crippen molar-refractivity contribution in [2.75, 3.05) is 19.6 Å². The first kappa shape index (κ1) is 18.6. The van der Waals surface area contributed by atoms with Gasteiger partial charge < -0.3 is 9.80 Å². The number of rotatable bonds is 6. The minimum absolute atomic E-state index is 0.149. The van der Waals surface area contributed by atoms with E-state index < -0.39 is 0 Å². The first-order valence-electron chi connectivity index (χ1n) is 9.46. The van der Waals surface area contributed by atoms with E-state index >= 15 is 0 Å². The fraction of sp³-hybridized carbons (Fsp3) is 0.409. The van der Waals surface area contributed by atoms with Crippen molar-refractivity contribution in [1.29, 1.82) is 0 Å². The SMILES string of the molecule is CCN1CCC(N(Cc2ccc(F)cc2)C(=O)Cc2ccccc2)CC1. The molecule has 1 amide bonds. The van der Waals surface area contributed by atoms with Crippen LogP contribution in [-0.4, -0.2) is 41.4 Å². The Kier molecular flexibility index (Phi) is 6.40. The van der Waals surface area contributed by atoms with Crippen molar-refractivity contribution >= 4 is 5.91 Å². The highest BCUT2D eigenvalue weighted by atomic mass is 19.1. The van der Waals surface area contributed by atoms with Crippen LogP contribution in [0.25, 0.3) is 0 Å². The molecule has 1 aliphatic rings. The molecule has 0 N–H and O–H groups in total. The maximum absolute atomic E-state index is 13.2. The standard InChI is InChI=1S/C22H27FN2O/c1-2-24-14-12-21(13-15-24)25(17-19-8-10-20(23)11-9-19)22(26)16-18-6-4-3-5-7-18/h3-11,21H,2,12-17H2,1H3. The Morgan fingerprint density at radius 3 is 2.31 bits per heavy atom. The van der Waals surface area contributed by atoms with E-state index in [0.717, 1.165) is 43.6 Å². The summed E-state index contributed by atoms with van der Waals surface area (Å²) in [5.74, 6) is -0.0948. The molecule has 0 atom stereocenters. The van der Waals surface area contributed by atoms with E-state index in [9.17, 15) is 9.18 Å². The summed E-state index contributed by atoms with van der Waals surface area (Å²) in [6.45, 7) is 5.84. The number of halogens is 1. The quantitative estimate of drug-likeness (QED) is 0.786. The van der Waals surface area contributed by atoms with Crippen molar-refractivity contribution in [3.8, 4) is 0 Å². The van der Waals surface area contributed by atoms with Gasteiger partial charge in [0.25, 0.3) is 0 Å². The molecule has 3 nitrogen and oxygen atoms in total. The molecule has 26 heavy (non-hydrogen) atoms. The molecular formula is C22H27FN2O. The van der Waals surface area contributed by atoms with Crippen molar-refractivity contribution in [1.82, 2.24) is 9.80 Å². The van der Waals surface area contributed by atoms with Crippen molar-refractivity contribution in [3.63, 3.8) is 0 Å². The average Bonchev–Trinajstić information content (AvgIpc) is 2.68. The van der Waals surface area contributed by atoms with Crippen molar-refractivity contribution in [2.45, 2.75) is 38.8 Å². The monoisotopic (exact) mass is 354 g/mol. The predicted octanol–water partition coefficient (Wildman–Crippen LogP) is 3.88. The summed E-state index contributed by atoms with van der Waals surface area (Å²) in [5.41, 5.74) is 2.01. The second kappa shape index (κ2) is 8.95. The van der Waals surface area contributed by atoms with Gasteiger partial charge in [-0.1, -0.05) is 49.4 Å². The van der Waals surface area contributed by atoms with Crippen LogP contribution < -0.4 is 0 Å². The lowest BCUT2D eigenvalue weighted by molar-refractivity contribution is -0.134. The summed E-state index contributed by atoms with van der Waals surface area (Å²) in [6, 6.07) is 16.6. The van der Waals surface area contributed by atoms with Gasteiger partial charge in [-0.2, -0.15) is 0 Å². The van der Waals surface area contributed by atoms with Crippen molar-refractivity contribution in [3.05, 3.63) is 71.5 Å². The minimum atomic E-state index is -0.243. The van der Waals surface area contributed by atoms with Crippen LogP contribution in [0.15, 0.2) is 54.6 Å². The third-order valence-electron chi connectivity index (χ3n) is 5.23. The molecule has 0 aromatic heterocycles. The molecular weight excluding hydrogens is 327 g/mol. The van der Waals surface area contributed by atoms with Crippen LogP contribution in [0.3, 0.4) is 0 Å².